The third-order valence-electron chi connectivity index (χ3n) is 4.96. The predicted molar refractivity (Wildman–Crippen MR) is 91.9 cm³/mol. The largest absolute Gasteiger partial charge is 0.491 e. The van der Waals surface area contributed by atoms with Gasteiger partial charge in [-0.3, -0.25) is 10.2 Å². The Bertz CT molecular complexity index is 658. The summed E-state index contributed by atoms with van der Waals surface area (Å²) in [4.78, 5) is 12.4. The van der Waals surface area contributed by atoms with Crippen LogP contribution in [0.4, 0.5) is 0 Å². The number of piperidine rings is 1. The summed E-state index contributed by atoms with van der Waals surface area (Å²) in [5, 5.41) is 16.2. The number of aliphatic hydroxyl groups is 1. The van der Waals surface area contributed by atoms with E-state index in [9.17, 15) is 9.90 Å². The van der Waals surface area contributed by atoms with E-state index in [4.69, 9.17) is 14.2 Å². The molecule has 0 aromatic heterocycles. The minimum absolute atomic E-state index is 0.0733. The fourth-order valence-electron chi connectivity index (χ4n) is 3.52. The predicted octanol–water partition coefficient (Wildman–Crippen LogP) is -1.27. The van der Waals surface area contributed by atoms with Gasteiger partial charge in [-0.25, -0.2) is 5.43 Å². The first-order valence-electron chi connectivity index (χ1n) is 8.91. The van der Waals surface area contributed by atoms with E-state index >= 15 is 0 Å². The minimum atomic E-state index is -0.806. The lowest BCUT2D eigenvalue weighted by atomic mass is 9.89. The molecule has 0 bridgehead atoms. The summed E-state index contributed by atoms with van der Waals surface area (Å²) in [6.07, 6.45) is 0.187. The molecule has 4 atom stereocenters. The number of nitrogens with one attached hydrogen (secondary N) is 4. The van der Waals surface area contributed by atoms with E-state index in [1.165, 1.54) is 0 Å². The zero-order valence-corrected chi connectivity index (χ0v) is 14.4. The topological polar surface area (TPSA) is 113 Å². The van der Waals surface area contributed by atoms with Gasteiger partial charge < -0.3 is 30.0 Å². The quantitative estimate of drug-likeness (QED) is 0.425. The molecule has 3 aliphatic rings. The Balaban J connectivity index is 1.21. The second kappa shape index (κ2) is 7.67. The Hall–Kier alpha value is -2.07. The van der Waals surface area contributed by atoms with Gasteiger partial charge in [0.2, 0.25) is 12.7 Å². The number of hydrogen-bond donors (Lipinski definition) is 5. The molecule has 9 nitrogen and oxygen atoms in total. The van der Waals surface area contributed by atoms with Crippen molar-refractivity contribution >= 4 is 5.91 Å². The average molecular weight is 364 g/mol. The van der Waals surface area contributed by atoms with Gasteiger partial charge in [-0.15, -0.1) is 0 Å². The van der Waals surface area contributed by atoms with Crippen molar-refractivity contribution in [3.05, 3.63) is 18.2 Å². The number of hydrazine groups is 1. The third-order valence-corrected chi connectivity index (χ3v) is 4.96. The highest BCUT2D eigenvalue weighted by Crippen LogP contribution is 2.35. The number of benzene rings is 1. The molecule has 2 fully saturated rings. The minimum Gasteiger partial charge on any atom is -0.491 e. The number of fused-ring (bicyclic) bond motifs is 2. The molecule has 26 heavy (non-hydrogen) atoms. The molecule has 0 saturated carbocycles. The first-order chi connectivity index (χ1) is 12.7. The van der Waals surface area contributed by atoms with E-state index in [0.717, 1.165) is 19.5 Å². The number of ether oxygens (including phenoxy) is 3. The van der Waals surface area contributed by atoms with Gasteiger partial charge in [0.1, 0.15) is 24.5 Å². The van der Waals surface area contributed by atoms with Crippen LogP contribution in [0.25, 0.3) is 0 Å². The van der Waals surface area contributed by atoms with Gasteiger partial charge in [0.25, 0.3) is 0 Å². The zero-order valence-electron chi connectivity index (χ0n) is 14.4. The lowest BCUT2D eigenvalue weighted by molar-refractivity contribution is -0.124. The lowest BCUT2D eigenvalue weighted by Crippen LogP contribution is -2.50. The smallest absolute Gasteiger partial charge is 0.238 e. The van der Waals surface area contributed by atoms with Gasteiger partial charge in [-0.2, -0.15) is 0 Å². The Morgan fingerprint density at radius 3 is 3.15 bits per heavy atom. The van der Waals surface area contributed by atoms with Gasteiger partial charge in [0, 0.05) is 31.1 Å². The molecule has 4 rings (SSSR count). The average Bonchev–Trinajstić information content (AvgIpc) is 3.30. The maximum Gasteiger partial charge on any atom is 0.238 e. The van der Waals surface area contributed by atoms with E-state index in [0.29, 0.717) is 23.3 Å². The number of carbonyl (C=O) groups excluding carboxylic acids is 1. The molecule has 3 aliphatic heterocycles. The van der Waals surface area contributed by atoms with Crippen LogP contribution in [-0.2, 0) is 4.79 Å². The Morgan fingerprint density at radius 1 is 1.35 bits per heavy atom. The van der Waals surface area contributed by atoms with Crippen molar-refractivity contribution in [2.75, 3.05) is 33.0 Å². The molecule has 1 aromatic carbocycles. The molecule has 4 unspecified atom stereocenters. The van der Waals surface area contributed by atoms with E-state index in [-0.39, 0.29) is 37.8 Å². The molecule has 1 aromatic rings. The molecule has 1 amide bonds. The summed E-state index contributed by atoms with van der Waals surface area (Å²) < 4.78 is 16.1. The highest BCUT2D eigenvalue weighted by molar-refractivity contribution is 5.82. The fourth-order valence-corrected chi connectivity index (χ4v) is 3.52. The Labute approximate surface area is 151 Å². The number of aliphatic hydroxyl groups excluding tert-OH is 1. The van der Waals surface area contributed by atoms with Crippen LogP contribution in [0.3, 0.4) is 0 Å². The summed E-state index contributed by atoms with van der Waals surface area (Å²) in [7, 11) is 0. The second-order valence-electron chi connectivity index (χ2n) is 6.75. The van der Waals surface area contributed by atoms with Crippen molar-refractivity contribution in [1.29, 1.82) is 0 Å². The molecule has 3 heterocycles. The highest BCUT2D eigenvalue weighted by Gasteiger charge is 2.41. The first kappa shape index (κ1) is 17.3. The van der Waals surface area contributed by atoms with Crippen LogP contribution >= 0.6 is 0 Å². The van der Waals surface area contributed by atoms with Gasteiger partial charge >= 0.3 is 0 Å². The number of rotatable bonds is 6. The number of hydrogen-bond acceptors (Lipinski definition) is 8. The van der Waals surface area contributed by atoms with Crippen LogP contribution in [0.15, 0.2) is 18.2 Å². The van der Waals surface area contributed by atoms with Crippen molar-refractivity contribution in [1.82, 2.24) is 21.5 Å². The van der Waals surface area contributed by atoms with E-state index < -0.39 is 6.10 Å². The molecule has 0 radical (unpaired) electrons. The Morgan fingerprint density at radius 2 is 2.23 bits per heavy atom. The summed E-state index contributed by atoms with van der Waals surface area (Å²) in [5.74, 6) is 1.98. The van der Waals surface area contributed by atoms with Crippen LogP contribution < -0.4 is 35.7 Å². The lowest BCUT2D eigenvalue weighted by Gasteiger charge is -2.27. The van der Waals surface area contributed by atoms with Crippen molar-refractivity contribution in [2.45, 2.75) is 24.6 Å². The van der Waals surface area contributed by atoms with Crippen molar-refractivity contribution < 1.29 is 24.1 Å². The molecular formula is C17H24N4O5. The zero-order chi connectivity index (χ0) is 17.9. The normalized spacial score (nSPS) is 27.7. The molecule has 9 heteroatoms. The summed E-state index contributed by atoms with van der Waals surface area (Å²) >= 11 is 0. The van der Waals surface area contributed by atoms with Gasteiger partial charge in [0.05, 0.1) is 0 Å². The fraction of sp³-hybridized carbons (Fsp3) is 0.588. The van der Waals surface area contributed by atoms with E-state index in [1.54, 1.807) is 18.2 Å². The number of amides is 1. The molecule has 0 spiro atoms. The standard InChI is InChI=1S/C17H24N4O5/c22-10(8-24-11-1-2-14-15(5-11)26-9-25-14)6-19-17(23)16-12-7-18-4-3-13(12)20-21-16/h1-2,5,10,12-13,16,18,20-22H,3-4,6-9H2,(H,19,23). The van der Waals surface area contributed by atoms with Gasteiger partial charge in [-0.1, -0.05) is 0 Å². The van der Waals surface area contributed by atoms with Gasteiger partial charge in [0.15, 0.2) is 11.5 Å². The molecular weight excluding hydrogens is 340 g/mol. The van der Waals surface area contributed by atoms with Crippen molar-refractivity contribution in [2.24, 2.45) is 5.92 Å². The van der Waals surface area contributed by atoms with E-state index in [2.05, 4.69) is 21.5 Å². The van der Waals surface area contributed by atoms with Crippen LogP contribution in [0.2, 0.25) is 0 Å². The molecule has 0 aliphatic carbocycles. The first-order valence-corrected chi connectivity index (χ1v) is 8.91. The van der Waals surface area contributed by atoms with Crippen LogP contribution in [0.1, 0.15) is 6.42 Å². The SMILES string of the molecule is O=C(NCC(O)COc1ccc2c(c1)OCO2)C1NNC2CCNCC21. The van der Waals surface area contributed by atoms with Crippen molar-refractivity contribution in [3.8, 4) is 17.2 Å². The van der Waals surface area contributed by atoms with Crippen LogP contribution in [0, 0.1) is 5.92 Å². The summed E-state index contributed by atoms with van der Waals surface area (Å²) in [6.45, 7) is 2.17. The summed E-state index contributed by atoms with van der Waals surface area (Å²) in [5.41, 5.74) is 6.25. The highest BCUT2D eigenvalue weighted by atomic mass is 16.7. The molecule has 142 valence electrons. The number of carbonyl (C=O) groups is 1. The molecule has 5 N–H and O–H groups in total. The maximum atomic E-state index is 12.4. The monoisotopic (exact) mass is 364 g/mol. The maximum absolute atomic E-state index is 12.4. The van der Waals surface area contributed by atoms with Gasteiger partial charge in [-0.05, 0) is 25.1 Å². The second-order valence-corrected chi connectivity index (χ2v) is 6.75. The Kier molecular flexibility index (Phi) is 5.11. The van der Waals surface area contributed by atoms with E-state index in [1.807, 2.05) is 0 Å². The third kappa shape index (κ3) is 3.70. The van der Waals surface area contributed by atoms with Crippen molar-refractivity contribution in [3.63, 3.8) is 0 Å². The van der Waals surface area contributed by atoms with Crippen LogP contribution in [0.5, 0.6) is 17.2 Å². The molecule has 2 saturated heterocycles. The summed E-state index contributed by atoms with van der Waals surface area (Å²) in [6, 6.07) is 5.25. The van der Waals surface area contributed by atoms with Crippen LogP contribution in [-0.4, -0.2) is 62.2 Å².